The fourth-order valence-corrected chi connectivity index (χ4v) is 3.82. The molecule has 0 bridgehead atoms. The molecule has 0 spiro atoms. The summed E-state index contributed by atoms with van der Waals surface area (Å²) in [7, 11) is 3.22. The van der Waals surface area contributed by atoms with Gasteiger partial charge in [0.1, 0.15) is 0 Å². The van der Waals surface area contributed by atoms with Crippen LogP contribution >= 0.6 is 0 Å². The van der Waals surface area contributed by atoms with E-state index in [9.17, 15) is 0 Å². The molecule has 4 rings (SSSR count). The average Bonchev–Trinajstić information content (AvgIpc) is 3.24. The summed E-state index contributed by atoms with van der Waals surface area (Å²) in [6.45, 7) is 8.91. The zero-order valence-corrected chi connectivity index (χ0v) is 18.0. The molecule has 1 fully saturated rings. The molecule has 1 aliphatic rings. The molecule has 7 heteroatoms. The lowest BCUT2D eigenvalue weighted by Gasteiger charge is -2.36. The highest BCUT2D eigenvalue weighted by atomic mass is 16.5. The highest BCUT2D eigenvalue weighted by Crippen LogP contribution is 2.32. The topological polar surface area (TPSA) is 63.9 Å². The maximum atomic E-state index is 5.92. The number of hydrogen-bond donors (Lipinski definition) is 0. The van der Waals surface area contributed by atoms with E-state index in [0.717, 1.165) is 31.7 Å². The summed E-state index contributed by atoms with van der Waals surface area (Å²) < 4.78 is 16.6. The van der Waals surface area contributed by atoms with Crippen LogP contribution in [0.15, 0.2) is 40.8 Å². The van der Waals surface area contributed by atoms with Gasteiger partial charge in [-0.25, -0.2) is 0 Å². The lowest BCUT2D eigenvalue weighted by Crippen LogP contribution is -2.46. The summed E-state index contributed by atoms with van der Waals surface area (Å²) in [5, 5.41) is 8.46. The largest absolute Gasteiger partial charge is 0.493 e. The molecule has 158 valence electrons. The quantitative estimate of drug-likeness (QED) is 0.616. The molecule has 0 saturated carbocycles. The van der Waals surface area contributed by atoms with Gasteiger partial charge in [-0.15, -0.1) is 10.2 Å². The van der Waals surface area contributed by atoms with E-state index >= 15 is 0 Å². The maximum Gasteiger partial charge on any atom is 0.247 e. The molecule has 2 aromatic carbocycles. The predicted molar refractivity (Wildman–Crippen MR) is 116 cm³/mol. The maximum absolute atomic E-state index is 5.92. The van der Waals surface area contributed by atoms with E-state index in [1.807, 2.05) is 18.2 Å². The van der Waals surface area contributed by atoms with Crippen LogP contribution in [0.1, 0.15) is 17.0 Å². The molecule has 0 unspecified atom stereocenters. The van der Waals surface area contributed by atoms with Gasteiger partial charge in [0, 0.05) is 37.4 Å². The standard InChI is InChI=1S/C23H28N4O3/c1-16-6-5-7-19(17(16)2)27-12-10-26(11-13-27)15-22-24-25-23(30-22)18-8-9-20(28-3)21(14-18)29-4/h5-9,14H,10-13,15H2,1-4H3. The van der Waals surface area contributed by atoms with Crippen LogP contribution in [0.5, 0.6) is 11.5 Å². The fourth-order valence-electron chi connectivity index (χ4n) is 3.82. The van der Waals surface area contributed by atoms with Gasteiger partial charge < -0.3 is 18.8 Å². The minimum atomic E-state index is 0.486. The van der Waals surface area contributed by atoms with Crippen molar-refractivity contribution in [2.75, 3.05) is 45.3 Å². The molecular formula is C23H28N4O3. The van der Waals surface area contributed by atoms with Crippen LogP contribution in [-0.4, -0.2) is 55.5 Å². The highest BCUT2D eigenvalue weighted by molar-refractivity contribution is 5.59. The number of piperazine rings is 1. The van der Waals surface area contributed by atoms with Crippen molar-refractivity contribution in [2.45, 2.75) is 20.4 Å². The zero-order chi connectivity index (χ0) is 21.1. The van der Waals surface area contributed by atoms with Gasteiger partial charge in [0.15, 0.2) is 11.5 Å². The van der Waals surface area contributed by atoms with Gasteiger partial charge in [-0.3, -0.25) is 4.90 Å². The Labute approximate surface area is 177 Å². The molecule has 0 amide bonds. The van der Waals surface area contributed by atoms with Crippen molar-refractivity contribution in [1.29, 1.82) is 0 Å². The van der Waals surface area contributed by atoms with Crippen LogP contribution in [0, 0.1) is 13.8 Å². The number of nitrogens with zero attached hydrogens (tertiary/aromatic N) is 4. The van der Waals surface area contributed by atoms with Crippen LogP contribution in [0.3, 0.4) is 0 Å². The first-order valence-electron chi connectivity index (χ1n) is 10.2. The van der Waals surface area contributed by atoms with E-state index in [2.05, 4.69) is 52.0 Å². The third-order valence-electron chi connectivity index (χ3n) is 5.75. The molecular weight excluding hydrogens is 380 g/mol. The summed E-state index contributed by atoms with van der Waals surface area (Å²) in [5.41, 5.74) is 4.85. The Balaban J connectivity index is 1.39. The summed E-state index contributed by atoms with van der Waals surface area (Å²) >= 11 is 0. The zero-order valence-electron chi connectivity index (χ0n) is 18.0. The Morgan fingerprint density at radius 1 is 0.933 bits per heavy atom. The van der Waals surface area contributed by atoms with Crippen molar-refractivity contribution >= 4 is 5.69 Å². The highest BCUT2D eigenvalue weighted by Gasteiger charge is 2.21. The fraction of sp³-hybridized carbons (Fsp3) is 0.391. The summed E-state index contributed by atoms with van der Waals surface area (Å²) in [6.07, 6.45) is 0. The van der Waals surface area contributed by atoms with Gasteiger partial charge in [0.2, 0.25) is 11.8 Å². The van der Waals surface area contributed by atoms with Crippen LogP contribution in [-0.2, 0) is 6.54 Å². The molecule has 1 aliphatic heterocycles. The van der Waals surface area contributed by atoms with E-state index in [1.165, 1.54) is 16.8 Å². The molecule has 1 saturated heterocycles. The average molecular weight is 409 g/mol. The monoisotopic (exact) mass is 408 g/mol. The van der Waals surface area contributed by atoms with E-state index in [-0.39, 0.29) is 0 Å². The summed E-state index contributed by atoms with van der Waals surface area (Å²) in [6, 6.07) is 12.1. The molecule has 0 aliphatic carbocycles. The van der Waals surface area contributed by atoms with E-state index in [4.69, 9.17) is 13.9 Å². The second kappa shape index (κ2) is 8.75. The lowest BCUT2D eigenvalue weighted by atomic mass is 10.1. The Bertz CT molecular complexity index is 1010. The van der Waals surface area contributed by atoms with Crippen molar-refractivity contribution in [3.63, 3.8) is 0 Å². The van der Waals surface area contributed by atoms with Gasteiger partial charge in [0.05, 0.1) is 20.8 Å². The van der Waals surface area contributed by atoms with Crippen LogP contribution in [0.4, 0.5) is 5.69 Å². The van der Waals surface area contributed by atoms with Crippen LogP contribution in [0.2, 0.25) is 0 Å². The first-order valence-corrected chi connectivity index (χ1v) is 10.2. The van der Waals surface area contributed by atoms with Crippen molar-refractivity contribution in [3.8, 4) is 23.0 Å². The minimum absolute atomic E-state index is 0.486. The van der Waals surface area contributed by atoms with Crippen LogP contribution in [0.25, 0.3) is 11.5 Å². The molecule has 7 nitrogen and oxygen atoms in total. The smallest absolute Gasteiger partial charge is 0.247 e. The molecule has 3 aromatic rings. The van der Waals surface area contributed by atoms with E-state index in [0.29, 0.717) is 29.8 Å². The molecule has 30 heavy (non-hydrogen) atoms. The predicted octanol–water partition coefficient (Wildman–Crippen LogP) is 3.69. The van der Waals surface area contributed by atoms with Crippen molar-refractivity contribution in [1.82, 2.24) is 15.1 Å². The Morgan fingerprint density at radius 3 is 2.43 bits per heavy atom. The number of rotatable bonds is 6. The number of aromatic nitrogens is 2. The number of aryl methyl sites for hydroxylation is 1. The van der Waals surface area contributed by atoms with Gasteiger partial charge in [-0.05, 0) is 49.2 Å². The second-order valence-electron chi connectivity index (χ2n) is 7.55. The van der Waals surface area contributed by atoms with Crippen molar-refractivity contribution < 1.29 is 13.9 Å². The third-order valence-corrected chi connectivity index (χ3v) is 5.75. The summed E-state index contributed by atoms with van der Waals surface area (Å²) in [4.78, 5) is 4.81. The number of hydrogen-bond acceptors (Lipinski definition) is 7. The SMILES string of the molecule is COc1ccc(-c2nnc(CN3CCN(c4cccc(C)c4C)CC3)o2)cc1OC. The van der Waals surface area contributed by atoms with Gasteiger partial charge >= 0.3 is 0 Å². The van der Waals surface area contributed by atoms with E-state index < -0.39 is 0 Å². The Kier molecular flexibility index (Phi) is 5.90. The molecule has 0 atom stereocenters. The number of anilines is 1. The number of methoxy groups -OCH3 is 2. The van der Waals surface area contributed by atoms with Gasteiger partial charge in [-0.1, -0.05) is 12.1 Å². The molecule has 0 N–H and O–H groups in total. The third kappa shape index (κ3) is 4.11. The van der Waals surface area contributed by atoms with Crippen molar-refractivity contribution in [3.05, 3.63) is 53.4 Å². The van der Waals surface area contributed by atoms with E-state index in [1.54, 1.807) is 14.2 Å². The van der Waals surface area contributed by atoms with Crippen LogP contribution < -0.4 is 14.4 Å². The number of benzene rings is 2. The first-order chi connectivity index (χ1) is 14.6. The first kappa shape index (κ1) is 20.2. The van der Waals surface area contributed by atoms with Gasteiger partial charge in [0.25, 0.3) is 0 Å². The summed E-state index contributed by atoms with van der Waals surface area (Å²) in [5.74, 6) is 2.42. The lowest BCUT2D eigenvalue weighted by molar-refractivity contribution is 0.227. The minimum Gasteiger partial charge on any atom is -0.493 e. The Morgan fingerprint density at radius 2 is 1.70 bits per heavy atom. The second-order valence-corrected chi connectivity index (χ2v) is 7.55. The molecule has 1 aromatic heterocycles. The molecule has 0 radical (unpaired) electrons. The Hall–Kier alpha value is -3.06. The normalized spacial score (nSPS) is 14.7. The van der Waals surface area contributed by atoms with Crippen molar-refractivity contribution in [2.24, 2.45) is 0 Å². The number of ether oxygens (including phenoxy) is 2. The molecule has 2 heterocycles. The van der Waals surface area contributed by atoms with Gasteiger partial charge in [-0.2, -0.15) is 0 Å².